The zero-order valence-corrected chi connectivity index (χ0v) is 21.9. The molecule has 0 radical (unpaired) electrons. The first-order chi connectivity index (χ1) is 19.0. The second-order valence-corrected chi connectivity index (χ2v) is 10.6. The van der Waals surface area contributed by atoms with Gasteiger partial charge >= 0.3 is 6.18 Å². The van der Waals surface area contributed by atoms with Gasteiger partial charge in [-0.15, -0.1) is 0 Å². The minimum absolute atomic E-state index is 0.0407. The Kier molecular flexibility index (Phi) is 6.37. The predicted molar refractivity (Wildman–Crippen MR) is 138 cm³/mol. The third-order valence-electron chi connectivity index (χ3n) is 7.24. The van der Waals surface area contributed by atoms with Crippen LogP contribution in [0.25, 0.3) is 0 Å². The molecule has 0 saturated carbocycles. The van der Waals surface area contributed by atoms with Crippen LogP contribution in [0, 0.1) is 0 Å². The fourth-order valence-corrected chi connectivity index (χ4v) is 5.25. The number of nitrogens with one attached hydrogen (secondary N) is 3. The Bertz CT molecular complexity index is 1360. The molecule has 4 aliphatic rings. The number of rotatable bonds is 6. The number of carbonyl (C=O) groups excluding carboxylic acids is 1. The topological polar surface area (TPSA) is 109 Å². The van der Waals surface area contributed by atoms with Gasteiger partial charge in [-0.05, 0) is 44.5 Å². The lowest BCUT2D eigenvalue weighted by Crippen LogP contribution is -2.57. The van der Waals surface area contributed by atoms with Crippen molar-refractivity contribution in [2.45, 2.75) is 50.0 Å². The van der Waals surface area contributed by atoms with Crippen molar-refractivity contribution in [3.63, 3.8) is 0 Å². The van der Waals surface area contributed by atoms with Crippen molar-refractivity contribution in [2.75, 3.05) is 31.6 Å². The minimum atomic E-state index is -4.59. The minimum Gasteiger partial charge on any atom is -0.489 e. The molecule has 2 bridgehead atoms. The lowest BCUT2D eigenvalue weighted by Gasteiger charge is -2.40. The average molecular weight is 559 g/mol. The third kappa shape index (κ3) is 5.06. The van der Waals surface area contributed by atoms with Crippen LogP contribution < -0.4 is 20.7 Å². The van der Waals surface area contributed by atoms with E-state index in [1.165, 1.54) is 18.3 Å². The largest absolute Gasteiger partial charge is 0.489 e. The van der Waals surface area contributed by atoms with Crippen molar-refractivity contribution >= 4 is 17.9 Å². The quantitative estimate of drug-likeness (QED) is 0.497. The molecule has 0 aliphatic carbocycles. The monoisotopic (exact) mass is 558 g/mol. The van der Waals surface area contributed by atoms with Gasteiger partial charge in [0.25, 0.3) is 5.91 Å². The summed E-state index contributed by atoms with van der Waals surface area (Å²) in [4.78, 5) is 24.7. The zero-order chi connectivity index (χ0) is 28.1. The molecule has 2 saturated heterocycles. The van der Waals surface area contributed by atoms with Crippen LogP contribution in [0.3, 0.4) is 0 Å². The number of amides is 1. The molecule has 3 N–H and O–H groups in total. The highest BCUT2D eigenvalue weighted by Crippen LogP contribution is 2.36. The molecule has 3 atom stereocenters. The van der Waals surface area contributed by atoms with Gasteiger partial charge in [-0.2, -0.15) is 13.2 Å². The Hall–Kier alpha value is -3.84. The molecule has 1 amide bonds. The van der Waals surface area contributed by atoms with Gasteiger partial charge < -0.3 is 35.1 Å². The van der Waals surface area contributed by atoms with Crippen LogP contribution in [0.5, 0.6) is 5.75 Å². The van der Waals surface area contributed by atoms with Gasteiger partial charge in [0.15, 0.2) is 5.79 Å². The summed E-state index contributed by atoms with van der Waals surface area (Å²) in [7, 11) is 0. The molecule has 6 rings (SSSR count). The highest BCUT2D eigenvalue weighted by Gasteiger charge is 2.47. The normalized spacial score (nSPS) is 26.7. The number of nitrogens with zero attached hydrogens (tertiary/aromatic N) is 3. The molecule has 212 valence electrons. The van der Waals surface area contributed by atoms with E-state index in [0.29, 0.717) is 18.2 Å². The number of aromatic nitrogens is 1. The van der Waals surface area contributed by atoms with Crippen molar-refractivity contribution < 1.29 is 32.2 Å². The Morgan fingerprint density at radius 3 is 2.85 bits per heavy atom. The van der Waals surface area contributed by atoms with Crippen molar-refractivity contribution in [2.24, 2.45) is 4.99 Å². The highest BCUT2D eigenvalue weighted by atomic mass is 19.4. The van der Waals surface area contributed by atoms with Crippen LogP contribution in [0.1, 0.15) is 31.4 Å². The summed E-state index contributed by atoms with van der Waals surface area (Å²) < 4.78 is 57.8. The second kappa shape index (κ2) is 9.66. The maximum Gasteiger partial charge on any atom is 0.416 e. The van der Waals surface area contributed by atoms with Gasteiger partial charge in [-0.3, -0.25) is 4.79 Å². The van der Waals surface area contributed by atoms with Crippen molar-refractivity contribution in [1.29, 1.82) is 0 Å². The number of halogens is 3. The van der Waals surface area contributed by atoms with E-state index in [2.05, 4.69) is 30.8 Å². The van der Waals surface area contributed by atoms with Crippen LogP contribution >= 0.6 is 0 Å². The van der Waals surface area contributed by atoms with E-state index in [4.69, 9.17) is 14.2 Å². The molecule has 1 aromatic carbocycles. The van der Waals surface area contributed by atoms with E-state index < -0.39 is 29.1 Å². The van der Waals surface area contributed by atoms with Gasteiger partial charge in [0, 0.05) is 24.7 Å². The van der Waals surface area contributed by atoms with Crippen molar-refractivity contribution in [3.8, 4) is 5.75 Å². The van der Waals surface area contributed by atoms with Crippen LogP contribution in [0.2, 0.25) is 0 Å². The van der Waals surface area contributed by atoms with E-state index in [9.17, 15) is 18.0 Å². The molecule has 2 aromatic rings. The molecule has 13 heteroatoms. The Morgan fingerprint density at radius 1 is 1.27 bits per heavy atom. The van der Waals surface area contributed by atoms with Gasteiger partial charge in [0.1, 0.15) is 30.1 Å². The summed E-state index contributed by atoms with van der Waals surface area (Å²) in [5.74, 6) is -0.161. The summed E-state index contributed by atoms with van der Waals surface area (Å²) >= 11 is 0. The number of benzene rings is 1. The SMILES string of the molecule is CC1(C)OC[C@@H](COc2ccc(NC(=O)C3(c4cccc(C(F)(F)F)c4)N=CC4=C(N[C@H]5CCN4C5)N3)nc2)O1. The second-order valence-electron chi connectivity index (χ2n) is 10.6. The number of allylic oxidation sites excluding steroid dienone is 1. The number of fused-ring (bicyclic) bond motifs is 3. The van der Waals surface area contributed by atoms with Crippen LogP contribution in [0.4, 0.5) is 19.0 Å². The Balaban J connectivity index is 1.23. The number of hydrogen-bond donors (Lipinski definition) is 3. The first-order valence-electron chi connectivity index (χ1n) is 13.0. The lowest BCUT2D eigenvalue weighted by molar-refractivity contribution is -0.141. The summed E-state index contributed by atoms with van der Waals surface area (Å²) in [6.07, 6.45) is -0.926. The third-order valence-corrected chi connectivity index (χ3v) is 7.24. The Morgan fingerprint density at radius 2 is 2.12 bits per heavy atom. The summed E-state index contributed by atoms with van der Waals surface area (Å²) in [6, 6.07) is 7.96. The number of hydrogen-bond acceptors (Lipinski definition) is 9. The zero-order valence-electron chi connectivity index (χ0n) is 21.9. The van der Waals surface area contributed by atoms with E-state index in [1.807, 2.05) is 13.8 Å². The lowest BCUT2D eigenvalue weighted by atomic mass is 9.95. The summed E-state index contributed by atoms with van der Waals surface area (Å²) in [5.41, 5.74) is -1.94. The Labute approximate surface area is 228 Å². The highest BCUT2D eigenvalue weighted by molar-refractivity contribution is 6.00. The molecule has 5 heterocycles. The number of carbonyl (C=O) groups is 1. The predicted octanol–water partition coefficient (Wildman–Crippen LogP) is 2.94. The van der Waals surface area contributed by atoms with Gasteiger partial charge in [-0.1, -0.05) is 12.1 Å². The van der Waals surface area contributed by atoms with Crippen LogP contribution in [-0.2, 0) is 26.1 Å². The number of pyridine rings is 1. The van der Waals surface area contributed by atoms with Gasteiger partial charge in [-0.25, -0.2) is 9.98 Å². The standard InChI is InChI=1S/C27H29F3N6O4/c1-25(2)39-15-20(40-25)14-38-19-6-7-22(31-11-19)34-24(37)26(16-4-3-5-17(10-16)27(28,29)30)32-12-21-23(35-26)33-18-8-9-36(21)13-18/h3-7,10-12,18,20,33,35H,8-9,13-15H2,1-2H3,(H,31,34,37)/t18-,20+,26?/m0/s1. The fraction of sp³-hybridized carbons (Fsp3) is 0.444. The average Bonchev–Trinajstić information content (AvgIpc) is 3.49. The smallest absolute Gasteiger partial charge is 0.416 e. The van der Waals surface area contributed by atoms with Crippen molar-refractivity contribution in [3.05, 3.63) is 65.2 Å². The molecule has 40 heavy (non-hydrogen) atoms. The van der Waals surface area contributed by atoms with Gasteiger partial charge in [0.2, 0.25) is 5.66 Å². The number of ether oxygens (including phenoxy) is 3. The molecule has 10 nitrogen and oxygen atoms in total. The molecule has 1 aromatic heterocycles. The van der Waals surface area contributed by atoms with E-state index in [-0.39, 0.29) is 30.1 Å². The maximum absolute atomic E-state index is 13.8. The fourth-order valence-electron chi connectivity index (χ4n) is 5.25. The van der Waals surface area contributed by atoms with Crippen molar-refractivity contribution in [1.82, 2.24) is 20.5 Å². The van der Waals surface area contributed by atoms with Crippen LogP contribution in [-0.4, -0.2) is 66.2 Å². The molecule has 2 fully saturated rings. The van der Waals surface area contributed by atoms with E-state index >= 15 is 0 Å². The molecule has 0 spiro atoms. The number of aliphatic imine (C=N–C) groups is 1. The summed E-state index contributed by atoms with van der Waals surface area (Å²) in [6.45, 7) is 5.94. The molecule has 1 unspecified atom stereocenters. The van der Waals surface area contributed by atoms with E-state index in [0.717, 1.165) is 37.3 Å². The van der Waals surface area contributed by atoms with Gasteiger partial charge in [0.05, 0.1) is 30.3 Å². The molecular weight excluding hydrogens is 529 g/mol. The number of anilines is 1. The molecule has 4 aliphatic heterocycles. The first-order valence-corrected chi connectivity index (χ1v) is 13.0. The molecular formula is C27H29F3N6O4. The first kappa shape index (κ1) is 26.4. The number of alkyl halides is 3. The maximum atomic E-state index is 13.8. The van der Waals surface area contributed by atoms with E-state index in [1.54, 1.807) is 18.3 Å². The summed E-state index contributed by atoms with van der Waals surface area (Å²) in [5, 5.41) is 9.20. The van der Waals surface area contributed by atoms with Crippen LogP contribution in [0.15, 0.2) is 59.1 Å².